The van der Waals surface area contributed by atoms with Crippen molar-refractivity contribution < 1.29 is 0 Å². The van der Waals surface area contributed by atoms with Gasteiger partial charge in [0.1, 0.15) is 0 Å². The molecule has 0 bridgehead atoms. The fourth-order valence-electron chi connectivity index (χ4n) is 3.15. The van der Waals surface area contributed by atoms with Crippen molar-refractivity contribution in [1.82, 2.24) is 15.8 Å². The van der Waals surface area contributed by atoms with Gasteiger partial charge in [0.15, 0.2) is 0 Å². The third kappa shape index (κ3) is 2.54. The van der Waals surface area contributed by atoms with Gasteiger partial charge in [0.25, 0.3) is 0 Å². The third-order valence-electron chi connectivity index (χ3n) is 4.20. The average Bonchev–Trinajstić information content (AvgIpc) is 2.82. The normalized spacial score (nSPS) is 31.7. The SMILES string of the molecule is CCN1CCC2NNC(c3ccccc3)C2C1.Cl. The smallest absolute Gasteiger partial charge is 0.0518 e. The van der Waals surface area contributed by atoms with Crippen molar-refractivity contribution in [3.63, 3.8) is 0 Å². The van der Waals surface area contributed by atoms with Crippen molar-refractivity contribution in [2.24, 2.45) is 5.92 Å². The predicted molar refractivity (Wildman–Crippen MR) is 76.7 cm³/mol. The molecule has 2 saturated heterocycles. The fourth-order valence-corrected chi connectivity index (χ4v) is 3.15. The Balaban J connectivity index is 0.00000120. The Bertz CT molecular complexity index is 371. The Hall–Kier alpha value is -0.610. The lowest BCUT2D eigenvalue weighted by Gasteiger charge is -2.35. The summed E-state index contributed by atoms with van der Waals surface area (Å²) in [6, 6.07) is 11.9. The van der Waals surface area contributed by atoms with E-state index in [1.54, 1.807) is 0 Å². The van der Waals surface area contributed by atoms with Crippen molar-refractivity contribution >= 4 is 12.4 Å². The van der Waals surface area contributed by atoms with Crippen LogP contribution in [-0.4, -0.2) is 30.6 Å². The lowest BCUT2D eigenvalue weighted by molar-refractivity contribution is 0.162. The van der Waals surface area contributed by atoms with E-state index in [0.29, 0.717) is 18.0 Å². The number of nitrogens with one attached hydrogen (secondary N) is 2. The van der Waals surface area contributed by atoms with Crippen LogP contribution in [0, 0.1) is 5.92 Å². The van der Waals surface area contributed by atoms with Crippen LogP contribution in [0.15, 0.2) is 30.3 Å². The molecule has 4 heteroatoms. The van der Waals surface area contributed by atoms with E-state index in [4.69, 9.17) is 0 Å². The van der Waals surface area contributed by atoms with Crippen LogP contribution in [0.3, 0.4) is 0 Å². The van der Waals surface area contributed by atoms with Gasteiger partial charge in [-0.1, -0.05) is 37.3 Å². The second-order valence-corrected chi connectivity index (χ2v) is 5.13. The number of hydrogen-bond acceptors (Lipinski definition) is 3. The van der Waals surface area contributed by atoms with E-state index < -0.39 is 0 Å². The molecule has 1 aromatic rings. The zero-order valence-corrected chi connectivity index (χ0v) is 11.6. The van der Waals surface area contributed by atoms with Gasteiger partial charge in [0.2, 0.25) is 0 Å². The van der Waals surface area contributed by atoms with Crippen LogP contribution in [0.5, 0.6) is 0 Å². The number of fused-ring (bicyclic) bond motifs is 1. The molecule has 100 valence electrons. The van der Waals surface area contributed by atoms with Gasteiger partial charge in [-0.15, -0.1) is 12.4 Å². The molecule has 0 spiro atoms. The van der Waals surface area contributed by atoms with Crippen LogP contribution >= 0.6 is 12.4 Å². The van der Waals surface area contributed by atoms with Gasteiger partial charge in [-0.3, -0.25) is 5.43 Å². The molecular weight excluding hydrogens is 246 g/mol. The van der Waals surface area contributed by atoms with Gasteiger partial charge in [0, 0.05) is 18.5 Å². The highest BCUT2D eigenvalue weighted by molar-refractivity contribution is 5.85. The number of benzene rings is 1. The fraction of sp³-hybridized carbons (Fsp3) is 0.571. The zero-order valence-electron chi connectivity index (χ0n) is 10.8. The highest BCUT2D eigenvalue weighted by atomic mass is 35.5. The number of halogens is 1. The Morgan fingerprint density at radius 2 is 2.00 bits per heavy atom. The van der Waals surface area contributed by atoms with Crippen LogP contribution in [0.1, 0.15) is 24.9 Å². The van der Waals surface area contributed by atoms with E-state index in [2.05, 4.69) is 53.0 Å². The monoisotopic (exact) mass is 267 g/mol. The largest absolute Gasteiger partial charge is 0.303 e. The summed E-state index contributed by atoms with van der Waals surface area (Å²) in [5.41, 5.74) is 8.37. The maximum Gasteiger partial charge on any atom is 0.0518 e. The Kier molecular flexibility index (Phi) is 4.62. The minimum Gasteiger partial charge on any atom is -0.303 e. The summed E-state index contributed by atoms with van der Waals surface area (Å²) in [6.45, 7) is 5.87. The second kappa shape index (κ2) is 6.02. The molecule has 2 N–H and O–H groups in total. The van der Waals surface area contributed by atoms with Crippen molar-refractivity contribution in [2.45, 2.75) is 25.4 Å². The quantitative estimate of drug-likeness (QED) is 0.858. The predicted octanol–water partition coefficient (Wildman–Crippen LogP) is 1.97. The van der Waals surface area contributed by atoms with Crippen molar-refractivity contribution in [1.29, 1.82) is 0 Å². The van der Waals surface area contributed by atoms with E-state index in [1.807, 2.05) is 0 Å². The van der Waals surface area contributed by atoms with Gasteiger partial charge in [0.05, 0.1) is 6.04 Å². The maximum atomic E-state index is 3.48. The molecule has 0 saturated carbocycles. The molecule has 2 fully saturated rings. The molecule has 18 heavy (non-hydrogen) atoms. The minimum atomic E-state index is 0. The number of hydrogen-bond donors (Lipinski definition) is 2. The number of hydrazine groups is 1. The van der Waals surface area contributed by atoms with Crippen LogP contribution in [-0.2, 0) is 0 Å². The molecule has 0 radical (unpaired) electrons. The summed E-state index contributed by atoms with van der Waals surface area (Å²) in [5, 5.41) is 0. The highest BCUT2D eigenvalue weighted by Crippen LogP contribution is 2.33. The van der Waals surface area contributed by atoms with Gasteiger partial charge >= 0.3 is 0 Å². The van der Waals surface area contributed by atoms with Gasteiger partial charge < -0.3 is 4.90 Å². The molecule has 2 heterocycles. The van der Waals surface area contributed by atoms with Crippen LogP contribution in [0.4, 0.5) is 0 Å². The topological polar surface area (TPSA) is 27.3 Å². The van der Waals surface area contributed by atoms with E-state index in [1.165, 1.54) is 31.6 Å². The first kappa shape index (κ1) is 13.8. The Morgan fingerprint density at radius 3 is 2.72 bits per heavy atom. The molecule has 0 amide bonds. The number of piperidine rings is 1. The van der Waals surface area contributed by atoms with Gasteiger partial charge in [-0.25, -0.2) is 5.43 Å². The highest BCUT2D eigenvalue weighted by Gasteiger charge is 2.39. The van der Waals surface area contributed by atoms with Crippen LogP contribution in [0.2, 0.25) is 0 Å². The van der Waals surface area contributed by atoms with Crippen LogP contribution in [0.25, 0.3) is 0 Å². The molecule has 3 nitrogen and oxygen atoms in total. The summed E-state index contributed by atoms with van der Waals surface area (Å²) >= 11 is 0. The molecule has 2 aliphatic rings. The summed E-state index contributed by atoms with van der Waals surface area (Å²) in [7, 11) is 0. The maximum absolute atomic E-state index is 3.48. The van der Waals surface area contributed by atoms with Gasteiger partial charge in [-0.2, -0.15) is 0 Å². The van der Waals surface area contributed by atoms with E-state index >= 15 is 0 Å². The molecule has 1 aromatic carbocycles. The Morgan fingerprint density at radius 1 is 1.22 bits per heavy atom. The first-order valence-corrected chi connectivity index (χ1v) is 6.67. The molecule has 3 unspecified atom stereocenters. The Labute approximate surface area is 115 Å². The summed E-state index contributed by atoms with van der Waals surface area (Å²) in [4.78, 5) is 2.56. The van der Waals surface area contributed by atoms with Crippen molar-refractivity contribution in [3.05, 3.63) is 35.9 Å². The van der Waals surface area contributed by atoms with Crippen molar-refractivity contribution in [2.75, 3.05) is 19.6 Å². The molecule has 3 atom stereocenters. The molecule has 0 aromatic heterocycles. The van der Waals surface area contributed by atoms with Crippen molar-refractivity contribution in [3.8, 4) is 0 Å². The number of rotatable bonds is 2. The van der Waals surface area contributed by atoms with Gasteiger partial charge in [-0.05, 0) is 25.1 Å². The molecule has 0 aliphatic carbocycles. The lowest BCUT2D eigenvalue weighted by Crippen LogP contribution is -2.45. The third-order valence-corrected chi connectivity index (χ3v) is 4.20. The van der Waals surface area contributed by atoms with E-state index in [0.717, 1.165) is 0 Å². The van der Waals surface area contributed by atoms with E-state index in [-0.39, 0.29) is 12.4 Å². The minimum absolute atomic E-state index is 0. The lowest BCUT2D eigenvalue weighted by atomic mass is 9.85. The second-order valence-electron chi connectivity index (χ2n) is 5.13. The standard InChI is InChI=1S/C14H21N3.ClH/c1-2-17-9-8-13-12(10-17)14(16-15-13)11-6-4-3-5-7-11;/h3-7,12-16H,2,8-10H2,1H3;1H. The van der Waals surface area contributed by atoms with Crippen LogP contribution < -0.4 is 10.9 Å². The molecule has 3 rings (SSSR count). The summed E-state index contributed by atoms with van der Waals surface area (Å²) in [5.74, 6) is 0.700. The number of likely N-dealkylation sites (tertiary alicyclic amines) is 1. The molecular formula is C14H22ClN3. The first-order chi connectivity index (χ1) is 8.38. The zero-order chi connectivity index (χ0) is 11.7. The summed E-state index contributed by atoms with van der Waals surface area (Å²) < 4.78 is 0. The summed E-state index contributed by atoms with van der Waals surface area (Å²) in [6.07, 6.45) is 1.26. The van der Waals surface area contributed by atoms with E-state index in [9.17, 15) is 0 Å². The number of nitrogens with zero attached hydrogens (tertiary/aromatic N) is 1. The first-order valence-electron chi connectivity index (χ1n) is 6.67. The molecule has 2 aliphatic heterocycles. The average molecular weight is 268 g/mol.